The molecule has 1 aromatic carbocycles. The summed E-state index contributed by atoms with van der Waals surface area (Å²) in [4.78, 5) is 11.3. The van der Waals surface area contributed by atoms with E-state index in [-0.39, 0.29) is 0 Å². The van der Waals surface area contributed by atoms with Crippen LogP contribution in [-0.4, -0.2) is 13.1 Å². The van der Waals surface area contributed by atoms with Gasteiger partial charge in [-0.05, 0) is 18.2 Å². The third-order valence-corrected chi connectivity index (χ3v) is 3.58. The monoisotopic (exact) mass is 377 g/mol. The Morgan fingerprint density at radius 3 is 2.60 bits per heavy atom. The summed E-state index contributed by atoms with van der Waals surface area (Å²) < 4.78 is 10.6. The van der Waals surface area contributed by atoms with Gasteiger partial charge in [-0.1, -0.05) is 39.1 Å². The van der Waals surface area contributed by atoms with Crippen molar-refractivity contribution < 1.29 is 13.9 Å². The second-order valence-electron chi connectivity index (χ2n) is 3.89. The predicted molar refractivity (Wildman–Crippen MR) is 81.5 cm³/mol. The third-order valence-electron chi connectivity index (χ3n) is 2.52. The number of hydrogen-bond acceptors (Lipinski definition) is 4. The number of methoxy groups -OCH3 is 1. The number of rotatable bonds is 4. The zero-order valence-corrected chi connectivity index (χ0v) is 13.5. The largest absolute Gasteiger partial charge is 0.467 e. The van der Waals surface area contributed by atoms with Gasteiger partial charge in [0.15, 0.2) is 0 Å². The van der Waals surface area contributed by atoms with E-state index in [1.807, 2.05) is 0 Å². The Morgan fingerprint density at radius 1 is 1.35 bits per heavy atom. The molecule has 0 atom stereocenters. The number of ether oxygens (including phenoxy) is 1. The fraction of sp³-hybridized carbons (Fsp3) is 0.154. The molecule has 0 aliphatic rings. The third kappa shape index (κ3) is 3.48. The summed E-state index contributed by atoms with van der Waals surface area (Å²) in [6, 6.07) is 5.06. The zero-order chi connectivity index (χ0) is 14.7. The highest BCUT2D eigenvalue weighted by Crippen LogP contribution is 2.34. The summed E-state index contributed by atoms with van der Waals surface area (Å²) in [5.74, 6) is 0.125. The number of benzene rings is 1. The fourth-order valence-electron chi connectivity index (χ4n) is 1.58. The Balaban J connectivity index is 2.09. The molecule has 7 heteroatoms. The first-order chi connectivity index (χ1) is 9.51. The normalized spacial score (nSPS) is 10.4. The molecule has 2 rings (SSSR count). The minimum absolute atomic E-state index is 0.345. The van der Waals surface area contributed by atoms with Crippen molar-refractivity contribution in [3.05, 3.63) is 50.3 Å². The number of halogens is 3. The average molecular weight is 379 g/mol. The lowest BCUT2D eigenvalue weighted by molar-refractivity contribution is 0.0600. The SMILES string of the molecule is COC(=O)c1coc(CNc2c(Cl)cc(Br)cc2Cl)c1. The quantitative estimate of drug-likeness (QED) is 0.780. The molecular weight excluding hydrogens is 369 g/mol. The molecule has 0 saturated heterocycles. The molecule has 0 saturated carbocycles. The van der Waals surface area contributed by atoms with Crippen LogP contribution in [0.3, 0.4) is 0 Å². The van der Waals surface area contributed by atoms with Crippen LogP contribution in [0.25, 0.3) is 0 Å². The Kier molecular flexibility index (Phi) is 4.96. The Bertz CT molecular complexity index is 619. The number of hydrogen-bond donors (Lipinski definition) is 1. The summed E-state index contributed by atoms with van der Waals surface area (Å²) >= 11 is 15.5. The fourth-order valence-corrected chi connectivity index (χ4v) is 2.93. The first kappa shape index (κ1) is 15.2. The molecule has 0 unspecified atom stereocenters. The molecule has 0 aliphatic heterocycles. The van der Waals surface area contributed by atoms with E-state index >= 15 is 0 Å². The molecule has 2 aromatic rings. The second-order valence-corrected chi connectivity index (χ2v) is 5.62. The first-order valence-electron chi connectivity index (χ1n) is 5.55. The molecule has 1 heterocycles. The smallest absolute Gasteiger partial charge is 0.341 e. The number of furan rings is 1. The molecule has 0 fully saturated rings. The van der Waals surface area contributed by atoms with Gasteiger partial charge in [-0.25, -0.2) is 4.79 Å². The number of nitrogens with one attached hydrogen (secondary N) is 1. The summed E-state index contributed by atoms with van der Waals surface area (Å²) in [6.45, 7) is 0.345. The lowest BCUT2D eigenvalue weighted by Gasteiger charge is -2.09. The maximum atomic E-state index is 11.3. The van der Waals surface area contributed by atoms with Gasteiger partial charge in [-0.15, -0.1) is 0 Å². The van der Waals surface area contributed by atoms with E-state index in [9.17, 15) is 4.79 Å². The predicted octanol–water partition coefficient (Wildman–Crippen LogP) is 4.75. The standard InChI is InChI=1S/C13H10BrCl2NO3/c1-19-13(18)7-2-9(20-6-7)5-17-12-10(15)3-8(14)4-11(12)16/h2-4,6,17H,5H2,1H3. The summed E-state index contributed by atoms with van der Waals surface area (Å²) in [7, 11) is 1.31. The van der Waals surface area contributed by atoms with Crippen molar-refractivity contribution in [2.75, 3.05) is 12.4 Å². The van der Waals surface area contributed by atoms with E-state index in [0.29, 0.717) is 33.6 Å². The highest BCUT2D eigenvalue weighted by molar-refractivity contribution is 9.10. The van der Waals surface area contributed by atoms with E-state index in [0.717, 1.165) is 4.47 Å². The summed E-state index contributed by atoms with van der Waals surface area (Å²) in [5, 5.41) is 4.04. The van der Waals surface area contributed by atoms with Crippen molar-refractivity contribution in [2.45, 2.75) is 6.54 Å². The van der Waals surface area contributed by atoms with Crippen molar-refractivity contribution >= 4 is 50.8 Å². The molecule has 0 spiro atoms. The minimum atomic E-state index is -0.445. The molecule has 20 heavy (non-hydrogen) atoms. The lowest BCUT2D eigenvalue weighted by Crippen LogP contribution is -2.01. The molecule has 0 radical (unpaired) electrons. The van der Waals surface area contributed by atoms with Crippen LogP contribution in [0.4, 0.5) is 5.69 Å². The van der Waals surface area contributed by atoms with Crippen molar-refractivity contribution in [3.63, 3.8) is 0 Å². The Morgan fingerprint density at radius 2 is 2.00 bits per heavy atom. The van der Waals surface area contributed by atoms with Crippen molar-refractivity contribution in [1.82, 2.24) is 0 Å². The molecule has 106 valence electrons. The van der Waals surface area contributed by atoms with Gasteiger partial charge in [-0.2, -0.15) is 0 Å². The van der Waals surface area contributed by atoms with E-state index in [1.54, 1.807) is 18.2 Å². The van der Waals surface area contributed by atoms with Gasteiger partial charge in [-0.3, -0.25) is 0 Å². The van der Waals surface area contributed by atoms with Crippen LogP contribution in [0.15, 0.2) is 33.4 Å². The lowest BCUT2D eigenvalue weighted by atomic mass is 10.3. The van der Waals surface area contributed by atoms with Gasteiger partial charge in [0.1, 0.15) is 12.0 Å². The number of carbonyl (C=O) groups excluding carboxylic acids is 1. The van der Waals surface area contributed by atoms with Crippen LogP contribution in [0.1, 0.15) is 16.1 Å². The van der Waals surface area contributed by atoms with Gasteiger partial charge < -0.3 is 14.5 Å². The van der Waals surface area contributed by atoms with Gasteiger partial charge in [0.2, 0.25) is 0 Å². The molecule has 0 aliphatic carbocycles. The maximum absolute atomic E-state index is 11.3. The van der Waals surface area contributed by atoms with E-state index in [4.69, 9.17) is 27.6 Å². The van der Waals surface area contributed by atoms with Crippen molar-refractivity contribution in [2.24, 2.45) is 0 Å². The highest BCUT2D eigenvalue weighted by atomic mass is 79.9. The molecular formula is C13H10BrCl2NO3. The zero-order valence-electron chi connectivity index (χ0n) is 10.4. The average Bonchev–Trinajstić information content (AvgIpc) is 2.85. The van der Waals surface area contributed by atoms with Crippen LogP contribution >= 0.6 is 39.1 Å². The number of anilines is 1. The van der Waals surface area contributed by atoms with Crippen molar-refractivity contribution in [1.29, 1.82) is 0 Å². The van der Waals surface area contributed by atoms with Crippen LogP contribution < -0.4 is 5.32 Å². The van der Waals surface area contributed by atoms with Crippen LogP contribution in [-0.2, 0) is 11.3 Å². The molecule has 1 N–H and O–H groups in total. The van der Waals surface area contributed by atoms with Gasteiger partial charge >= 0.3 is 5.97 Å². The van der Waals surface area contributed by atoms with E-state index in [2.05, 4.69) is 26.0 Å². The highest BCUT2D eigenvalue weighted by Gasteiger charge is 2.12. The first-order valence-corrected chi connectivity index (χ1v) is 7.10. The number of carbonyl (C=O) groups is 1. The maximum Gasteiger partial charge on any atom is 0.341 e. The van der Waals surface area contributed by atoms with Gasteiger partial charge in [0.25, 0.3) is 0 Å². The van der Waals surface area contributed by atoms with Gasteiger partial charge in [0.05, 0.1) is 35.0 Å². The number of esters is 1. The molecule has 1 aromatic heterocycles. The Hall–Kier alpha value is -1.17. The van der Waals surface area contributed by atoms with Crippen LogP contribution in [0.2, 0.25) is 10.0 Å². The van der Waals surface area contributed by atoms with Crippen molar-refractivity contribution in [3.8, 4) is 0 Å². The minimum Gasteiger partial charge on any atom is -0.467 e. The summed E-state index contributed by atoms with van der Waals surface area (Å²) in [6.07, 6.45) is 1.34. The molecule has 0 bridgehead atoms. The van der Waals surface area contributed by atoms with Crippen LogP contribution in [0.5, 0.6) is 0 Å². The Labute approximate surface area is 134 Å². The van der Waals surface area contributed by atoms with Crippen LogP contribution in [0, 0.1) is 0 Å². The molecule has 4 nitrogen and oxygen atoms in total. The van der Waals surface area contributed by atoms with E-state index in [1.165, 1.54) is 13.4 Å². The topological polar surface area (TPSA) is 51.5 Å². The van der Waals surface area contributed by atoms with E-state index < -0.39 is 5.97 Å². The second kappa shape index (κ2) is 6.52. The van der Waals surface area contributed by atoms with Gasteiger partial charge in [0, 0.05) is 4.47 Å². The summed E-state index contributed by atoms with van der Waals surface area (Å²) in [5.41, 5.74) is 0.963. The molecule has 0 amide bonds.